The molecule has 3 aromatic rings. The Hall–Kier alpha value is -5.24. The molecule has 0 unspecified atom stereocenters. The summed E-state index contributed by atoms with van der Waals surface area (Å²) in [7, 11) is 0. The summed E-state index contributed by atoms with van der Waals surface area (Å²) < 4.78 is 0. The Balaban J connectivity index is 1.72. The lowest BCUT2D eigenvalue weighted by molar-refractivity contribution is -0.142. The van der Waals surface area contributed by atoms with Gasteiger partial charge >= 0.3 is 5.97 Å². The van der Waals surface area contributed by atoms with Crippen LogP contribution in [0, 0.1) is 5.92 Å². The van der Waals surface area contributed by atoms with Crippen molar-refractivity contribution in [2.75, 3.05) is 6.54 Å². The van der Waals surface area contributed by atoms with E-state index in [0.29, 0.717) is 31.4 Å². The summed E-state index contributed by atoms with van der Waals surface area (Å²) in [6, 6.07) is 10.8. The Morgan fingerprint density at radius 1 is 0.720 bits per heavy atom. The average Bonchev–Trinajstić information content (AvgIpc) is 3.48. The number of hydrogen-bond donors (Lipinski definition) is 8. The first kappa shape index (κ1) is 39.2. The number of carbonyl (C=O) groups is 6. The number of hydrogen-bond acceptors (Lipinski definition) is 7. The fourth-order valence-electron chi connectivity index (χ4n) is 5.51. The molecule has 5 amide bonds. The Bertz CT molecular complexity index is 1620. The van der Waals surface area contributed by atoms with Crippen LogP contribution in [0.3, 0.4) is 0 Å². The van der Waals surface area contributed by atoms with Gasteiger partial charge in [0.25, 0.3) is 0 Å². The third-order valence-electron chi connectivity index (χ3n) is 8.27. The molecule has 0 radical (unpaired) electrons. The van der Waals surface area contributed by atoms with Gasteiger partial charge in [0.1, 0.15) is 30.2 Å². The molecule has 5 atom stereocenters. The summed E-state index contributed by atoms with van der Waals surface area (Å²) >= 11 is 0. The summed E-state index contributed by atoms with van der Waals surface area (Å²) in [5, 5.41) is 24.0. The van der Waals surface area contributed by atoms with Crippen molar-refractivity contribution in [1.82, 2.24) is 31.6 Å². The van der Waals surface area contributed by atoms with Gasteiger partial charge in [-0.15, -0.1) is 0 Å². The van der Waals surface area contributed by atoms with Crippen LogP contribution < -0.4 is 32.3 Å². The van der Waals surface area contributed by atoms with E-state index in [-0.39, 0.29) is 18.8 Å². The maximum atomic E-state index is 13.6. The van der Waals surface area contributed by atoms with E-state index in [4.69, 9.17) is 5.73 Å². The number of amides is 5. The molecule has 270 valence electrons. The molecule has 0 aliphatic heterocycles. The summed E-state index contributed by atoms with van der Waals surface area (Å²) in [5.74, 6) is -4.58. The van der Waals surface area contributed by atoms with Gasteiger partial charge in [0.05, 0.1) is 0 Å². The number of benzene rings is 2. The lowest BCUT2D eigenvalue weighted by Gasteiger charge is -2.27. The summed E-state index contributed by atoms with van der Waals surface area (Å²) in [6.45, 7) is 6.63. The standard InChI is InChI=1S/C36H49N7O7/c1-21(2)31(43-33(46)28(40-23(4)44)16-10-11-17-37)35(48)39-22(3)32(45)41-29(18-24-12-6-5-7-13-24)34(47)42-30(36(49)50)19-25-20-38-27-15-9-8-14-26(25)27/h5-9,12-15,20-22,28-31,38H,10-11,16-19,37H2,1-4H3,(H,39,48)(H,40,44)(H,41,45)(H,42,47)(H,43,46)(H,49,50)/t22-,28-,29-,30-,31-/m0/s1. The predicted octanol–water partition coefficient (Wildman–Crippen LogP) is 1.29. The predicted molar refractivity (Wildman–Crippen MR) is 189 cm³/mol. The molecule has 0 bridgehead atoms. The van der Waals surface area contributed by atoms with Crippen LogP contribution in [0.15, 0.2) is 60.8 Å². The highest BCUT2D eigenvalue weighted by atomic mass is 16.4. The molecule has 0 fully saturated rings. The molecule has 14 nitrogen and oxygen atoms in total. The summed E-state index contributed by atoms with van der Waals surface area (Å²) in [4.78, 5) is 80.6. The molecule has 1 aromatic heterocycles. The molecular formula is C36H49N7O7. The number of aromatic amines is 1. The topological polar surface area (TPSA) is 225 Å². The number of carbonyl (C=O) groups excluding carboxylic acids is 5. The van der Waals surface area contributed by atoms with Crippen molar-refractivity contribution in [2.45, 2.75) is 90.0 Å². The van der Waals surface area contributed by atoms with Gasteiger partial charge in [0.2, 0.25) is 29.5 Å². The number of nitrogens with one attached hydrogen (secondary N) is 6. The second-order valence-corrected chi connectivity index (χ2v) is 12.7. The van der Waals surface area contributed by atoms with Crippen LogP contribution >= 0.6 is 0 Å². The zero-order chi connectivity index (χ0) is 36.8. The highest BCUT2D eigenvalue weighted by Crippen LogP contribution is 2.19. The monoisotopic (exact) mass is 691 g/mol. The van der Waals surface area contributed by atoms with Crippen molar-refractivity contribution in [2.24, 2.45) is 11.7 Å². The highest BCUT2D eigenvalue weighted by Gasteiger charge is 2.32. The van der Waals surface area contributed by atoms with Crippen molar-refractivity contribution >= 4 is 46.4 Å². The lowest BCUT2D eigenvalue weighted by atomic mass is 10.0. The van der Waals surface area contributed by atoms with Crippen LogP contribution in [0.5, 0.6) is 0 Å². The molecule has 1 heterocycles. The Morgan fingerprint density at radius 2 is 1.36 bits per heavy atom. The maximum absolute atomic E-state index is 13.6. The number of H-pyrrole nitrogens is 1. The zero-order valence-electron chi connectivity index (χ0n) is 29.0. The number of carboxylic acids is 1. The van der Waals surface area contributed by atoms with E-state index >= 15 is 0 Å². The van der Waals surface area contributed by atoms with Gasteiger partial charge in [-0.05, 0) is 55.8 Å². The normalized spacial score (nSPS) is 14.1. The van der Waals surface area contributed by atoms with Crippen LogP contribution in [0.4, 0.5) is 0 Å². The molecule has 14 heteroatoms. The van der Waals surface area contributed by atoms with Crippen molar-refractivity contribution in [3.8, 4) is 0 Å². The minimum absolute atomic E-state index is 0.00166. The van der Waals surface area contributed by atoms with E-state index < -0.39 is 65.7 Å². The number of para-hydroxylation sites is 1. The first-order valence-corrected chi connectivity index (χ1v) is 16.8. The van der Waals surface area contributed by atoms with E-state index in [0.717, 1.165) is 16.5 Å². The number of nitrogens with two attached hydrogens (primary N) is 1. The van der Waals surface area contributed by atoms with Crippen molar-refractivity contribution < 1.29 is 33.9 Å². The maximum Gasteiger partial charge on any atom is 0.326 e. The quantitative estimate of drug-likeness (QED) is 0.0853. The van der Waals surface area contributed by atoms with Crippen LogP contribution in [0.25, 0.3) is 10.9 Å². The summed E-state index contributed by atoms with van der Waals surface area (Å²) in [6.07, 6.45) is 3.35. The molecule has 0 aliphatic rings. The molecule has 9 N–H and O–H groups in total. The SMILES string of the molecule is CC(=O)N[C@@H](CCCCN)C(=O)N[C@H](C(=O)N[C@@H](C)C(=O)N[C@@H](Cc1ccccc1)C(=O)N[C@@H](Cc1c[nH]c2ccccc12)C(=O)O)C(C)C. The zero-order valence-corrected chi connectivity index (χ0v) is 29.0. The number of aromatic nitrogens is 1. The molecule has 50 heavy (non-hydrogen) atoms. The summed E-state index contributed by atoms with van der Waals surface area (Å²) in [5.41, 5.74) is 7.82. The fourth-order valence-corrected chi connectivity index (χ4v) is 5.51. The number of fused-ring (bicyclic) bond motifs is 1. The highest BCUT2D eigenvalue weighted by molar-refractivity contribution is 5.96. The van der Waals surface area contributed by atoms with Crippen LogP contribution in [-0.4, -0.2) is 82.3 Å². The van der Waals surface area contributed by atoms with Crippen molar-refractivity contribution in [3.05, 3.63) is 71.9 Å². The van der Waals surface area contributed by atoms with Gasteiger partial charge < -0.3 is 42.4 Å². The molecule has 0 aliphatic carbocycles. The molecule has 0 spiro atoms. The minimum Gasteiger partial charge on any atom is -0.480 e. The lowest BCUT2D eigenvalue weighted by Crippen LogP contribution is -2.59. The molecular weight excluding hydrogens is 642 g/mol. The van der Waals surface area contributed by atoms with Crippen molar-refractivity contribution in [1.29, 1.82) is 0 Å². The smallest absolute Gasteiger partial charge is 0.326 e. The molecule has 0 saturated heterocycles. The Morgan fingerprint density at radius 3 is 2.00 bits per heavy atom. The first-order chi connectivity index (χ1) is 23.8. The van der Waals surface area contributed by atoms with E-state index in [9.17, 15) is 33.9 Å². The van der Waals surface area contributed by atoms with Gasteiger partial charge in [-0.2, -0.15) is 0 Å². The van der Waals surface area contributed by atoms with Gasteiger partial charge in [-0.3, -0.25) is 24.0 Å². The van der Waals surface area contributed by atoms with Crippen molar-refractivity contribution in [3.63, 3.8) is 0 Å². The minimum atomic E-state index is -1.29. The van der Waals surface area contributed by atoms with E-state index in [1.807, 2.05) is 24.3 Å². The largest absolute Gasteiger partial charge is 0.480 e. The van der Waals surface area contributed by atoms with E-state index in [2.05, 4.69) is 31.6 Å². The van der Waals surface area contributed by atoms with Gasteiger partial charge in [-0.25, -0.2) is 4.79 Å². The third kappa shape index (κ3) is 11.7. The number of aliphatic carboxylic acids is 1. The first-order valence-electron chi connectivity index (χ1n) is 16.8. The van der Waals surface area contributed by atoms with E-state index in [1.165, 1.54) is 13.8 Å². The Kier molecular flexibility index (Phi) is 15.0. The van der Waals surface area contributed by atoms with E-state index in [1.54, 1.807) is 50.4 Å². The molecule has 0 saturated carbocycles. The van der Waals surface area contributed by atoms with Gasteiger partial charge in [0.15, 0.2) is 0 Å². The second kappa shape index (κ2) is 19.1. The molecule has 3 rings (SSSR count). The number of unbranched alkanes of at least 4 members (excludes halogenated alkanes) is 1. The fraction of sp³-hybridized carbons (Fsp3) is 0.444. The Labute approximate surface area is 291 Å². The van der Waals surface area contributed by atoms with Gasteiger partial charge in [0, 0.05) is 36.9 Å². The number of carboxylic acid groups (broad SMARTS) is 1. The third-order valence-corrected chi connectivity index (χ3v) is 8.27. The van der Waals surface area contributed by atoms with Crippen LogP contribution in [0.1, 0.15) is 58.1 Å². The number of rotatable bonds is 19. The second-order valence-electron chi connectivity index (χ2n) is 12.7. The van der Waals surface area contributed by atoms with Gasteiger partial charge in [-0.1, -0.05) is 62.4 Å². The van der Waals surface area contributed by atoms with Crippen LogP contribution in [0.2, 0.25) is 0 Å². The van der Waals surface area contributed by atoms with Crippen LogP contribution in [-0.2, 0) is 41.6 Å². The molecule has 2 aromatic carbocycles. The average molecular weight is 692 g/mol.